The van der Waals surface area contributed by atoms with E-state index in [1.807, 2.05) is 32.0 Å². The van der Waals surface area contributed by atoms with Gasteiger partial charge in [0.15, 0.2) is 5.96 Å². The second-order valence-corrected chi connectivity index (χ2v) is 8.57. The summed E-state index contributed by atoms with van der Waals surface area (Å²) in [6.45, 7) is 6.90. The molecule has 0 spiro atoms. The van der Waals surface area contributed by atoms with Gasteiger partial charge in [-0.1, -0.05) is 24.3 Å². The molecule has 0 aromatic heterocycles. The summed E-state index contributed by atoms with van der Waals surface area (Å²) in [4.78, 5) is 4.78. The fraction of sp³-hybridized carbons (Fsp3) is 0.409. The van der Waals surface area contributed by atoms with Crippen molar-refractivity contribution in [3.63, 3.8) is 0 Å². The highest BCUT2D eigenvalue weighted by Crippen LogP contribution is 2.21. The SMILES string of the molecule is CCNC(=NCc1ccc(C)cc1OCCOC)NCCc1ccc(S(N)(=O)=O)cc1. The minimum Gasteiger partial charge on any atom is -0.491 e. The molecule has 0 bridgehead atoms. The second-order valence-electron chi connectivity index (χ2n) is 7.01. The zero-order valence-corrected chi connectivity index (χ0v) is 19.2. The van der Waals surface area contributed by atoms with E-state index in [9.17, 15) is 8.42 Å². The molecule has 2 aromatic carbocycles. The third-order valence-corrected chi connectivity index (χ3v) is 5.41. The minimum absolute atomic E-state index is 0.112. The van der Waals surface area contributed by atoms with Gasteiger partial charge in [0.1, 0.15) is 12.4 Å². The Balaban J connectivity index is 1.97. The molecular weight excluding hydrogens is 416 g/mol. The van der Waals surface area contributed by atoms with Crippen molar-refractivity contribution in [3.8, 4) is 5.75 Å². The maximum atomic E-state index is 11.4. The van der Waals surface area contributed by atoms with Crippen molar-refractivity contribution in [3.05, 3.63) is 59.2 Å². The average Bonchev–Trinajstić information content (AvgIpc) is 2.73. The number of nitrogens with two attached hydrogens (primary N) is 1. The molecule has 8 nitrogen and oxygen atoms in total. The maximum Gasteiger partial charge on any atom is 0.238 e. The lowest BCUT2D eigenvalue weighted by Crippen LogP contribution is -2.38. The number of guanidine groups is 1. The summed E-state index contributed by atoms with van der Waals surface area (Å²) in [6.07, 6.45) is 0.714. The third kappa shape index (κ3) is 8.56. The van der Waals surface area contributed by atoms with Gasteiger partial charge in [0.25, 0.3) is 0 Å². The molecule has 0 atom stereocenters. The average molecular weight is 449 g/mol. The quantitative estimate of drug-likeness (QED) is 0.275. The Morgan fingerprint density at radius 2 is 1.84 bits per heavy atom. The van der Waals surface area contributed by atoms with Crippen LogP contribution in [-0.4, -0.2) is 47.8 Å². The molecule has 0 fully saturated rings. The van der Waals surface area contributed by atoms with Gasteiger partial charge in [-0.3, -0.25) is 0 Å². The van der Waals surface area contributed by atoms with Gasteiger partial charge in [-0.25, -0.2) is 18.5 Å². The Morgan fingerprint density at radius 3 is 2.48 bits per heavy atom. The largest absolute Gasteiger partial charge is 0.491 e. The molecule has 0 unspecified atom stereocenters. The van der Waals surface area contributed by atoms with Crippen LogP contribution in [0.15, 0.2) is 52.4 Å². The van der Waals surface area contributed by atoms with Crippen LogP contribution in [0.25, 0.3) is 0 Å². The first-order valence-corrected chi connectivity index (χ1v) is 11.7. The van der Waals surface area contributed by atoms with Gasteiger partial charge in [-0.05, 0) is 49.6 Å². The van der Waals surface area contributed by atoms with Crippen LogP contribution in [0.5, 0.6) is 5.75 Å². The molecular formula is C22H32N4O4S. The fourth-order valence-corrected chi connectivity index (χ4v) is 3.35. The van der Waals surface area contributed by atoms with Crippen molar-refractivity contribution >= 4 is 16.0 Å². The minimum atomic E-state index is -3.67. The van der Waals surface area contributed by atoms with Crippen LogP contribution in [0.4, 0.5) is 0 Å². The summed E-state index contributed by atoms with van der Waals surface area (Å²) in [6, 6.07) is 12.6. The molecule has 0 amide bonds. The van der Waals surface area contributed by atoms with Crippen LogP contribution in [-0.2, 0) is 27.7 Å². The number of nitrogens with zero attached hydrogens (tertiary/aromatic N) is 1. The molecule has 0 aliphatic heterocycles. The van der Waals surface area contributed by atoms with E-state index in [1.54, 1.807) is 19.2 Å². The van der Waals surface area contributed by atoms with Crippen molar-refractivity contribution in [2.45, 2.75) is 31.7 Å². The molecule has 0 aliphatic rings. The number of primary sulfonamides is 1. The molecule has 9 heteroatoms. The van der Waals surface area contributed by atoms with Crippen LogP contribution in [0.2, 0.25) is 0 Å². The zero-order chi connectivity index (χ0) is 22.7. The summed E-state index contributed by atoms with van der Waals surface area (Å²) in [5.74, 6) is 1.51. The Labute approximate surface area is 184 Å². The number of nitrogens with one attached hydrogen (secondary N) is 2. The van der Waals surface area contributed by atoms with E-state index in [0.717, 1.165) is 29.0 Å². The van der Waals surface area contributed by atoms with Crippen molar-refractivity contribution in [1.82, 2.24) is 10.6 Å². The maximum absolute atomic E-state index is 11.4. The van der Waals surface area contributed by atoms with Crippen molar-refractivity contribution in [1.29, 1.82) is 0 Å². The molecule has 2 rings (SSSR count). The van der Waals surface area contributed by atoms with Crippen LogP contribution >= 0.6 is 0 Å². The van der Waals surface area contributed by atoms with Crippen LogP contribution in [0.1, 0.15) is 23.6 Å². The second kappa shape index (κ2) is 12.3. The predicted octanol–water partition coefficient (Wildman–Crippen LogP) is 1.97. The van der Waals surface area contributed by atoms with Crippen LogP contribution in [0, 0.1) is 6.92 Å². The number of aliphatic imine (C=N–C) groups is 1. The summed E-state index contributed by atoms with van der Waals surface area (Å²) in [7, 11) is -2.02. The summed E-state index contributed by atoms with van der Waals surface area (Å²) in [5, 5.41) is 11.7. The number of ether oxygens (including phenoxy) is 2. The first kappa shape index (κ1) is 24.6. The molecule has 0 saturated carbocycles. The number of benzene rings is 2. The van der Waals surface area contributed by atoms with Gasteiger partial charge in [-0.2, -0.15) is 0 Å². The van der Waals surface area contributed by atoms with E-state index in [0.29, 0.717) is 38.7 Å². The highest BCUT2D eigenvalue weighted by molar-refractivity contribution is 7.89. The smallest absolute Gasteiger partial charge is 0.238 e. The molecule has 31 heavy (non-hydrogen) atoms. The zero-order valence-electron chi connectivity index (χ0n) is 18.3. The lowest BCUT2D eigenvalue weighted by molar-refractivity contribution is 0.145. The van der Waals surface area contributed by atoms with Crippen LogP contribution < -0.4 is 20.5 Å². The van der Waals surface area contributed by atoms with E-state index in [1.165, 1.54) is 12.1 Å². The number of hydrogen-bond acceptors (Lipinski definition) is 5. The topological polar surface area (TPSA) is 115 Å². The van der Waals surface area contributed by atoms with Gasteiger partial charge in [0.2, 0.25) is 10.0 Å². The van der Waals surface area contributed by atoms with E-state index in [-0.39, 0.29) is 4.90 Å². The number of aryl methyl sites for hydroxylation is 1. The first-order valence-electron chi connectivity index (χ1n) is 10.2. The van der Waals surface area contributed by atoms with Gasteiger partial charge >= 0.3 is 0 Å². The first-order chi connectivity index (χ1) is 14.8. The number of hydrogen-bond donors (Lipinski definition) is 3. The number of methoxy groups -OCH3 is 1. The van der Waals surface area contributed by atoms with E-state index < -0.39 is 10.0 Å². The van der Waals surface area contributed by atoms with E-state index in [2.05, 4.69) is 15.6 Å². The molecule has 0 radical (unpaired) electrons. The summed E-state index contributed by atoms with van der Waals surface area (Å²) >= 11 is 0. The van der Waals surface area contributed by atoms with Gasteiger partial charge in [0, 0.05) is 25.8 Å². The molecule has 0 saturated heterocycles. The summed E-state index contributed by atoms with van der Waals surface area (Å²) in [5.41, 5.74) is 3.12. The Hall–Kier alpha value is -2.62. The van der Waals surface area contributed by atoms with Gasteiger partial charge < -0.3 is 20.1 Å². The normalized spacial score (nSPS) is 11.9. The van der Waals surface area contributed by atoms with Crippen molar-refractivity contribution in [2.24, 2.45) is 10.1 Å². The summed E-state index contributed by atoms with van der Waals surface area (Å²) < 4.78 is 33.6. The molecule has 2 aromatic rings. The Kier molecular flexibility index (Phi) is 9.77. The van der Waals surface area contributed by atoms with E-state index in [4.69, 9.17) is 14.6 Å². The molecule has 170 valence electrons. The van der Waals surface area contributed by atoms with Crippen molar-refractivity contribution < 1.29 is 17.9 Å². The Bertz CT molecular complexity index is 960. The molecule has 0 heterocycles. The highest BCUT2D eigenvalue weighted by Gasteiger charge is 2.07. The number of rotatable bonds is 11. The molecule has 0 aliphatic carbocycles. The predicted molar refractivity (Wildman–Crippen MR) is 123 cm³/mol. The highest BCUT2D eigenvalue weighted by atomic mass is 32.2. The van der Waals surface area contributed by atoms with Gasteiger partial charge in [-0.15, -0.1) is 0 Å². The van der Waals surface area contributed by atoms with Crippen molar-refractivity contribution in [2.75, 3.05) is 33.4 Å². The Morgan fingerprint density at radius 1 is 1.10 bits per heavy atom. The standard InChI is InChI=1S/C22H32N4O4S/c1-4-24-22(25-12-11-18-6-9-20(10-7-18)31(23,27)28)26-16-19-8-5-17(2)15-21(19)30-14-13-29-3/h5-10,15H,4,11-14,16H2,1-3H3,(H2,23,27,28)(H2,24,25,26). The fourth-order valence-electron chi connectivity index (χ4n) is 2.84. The van der Waals surface area contributed by atoms with E-state index >= 15 is 0 Å². The third-order valence-electron chi connectivity index (χ3n) is 4.48. The lowest BCUT2D eigenvalue weighted by atomic mass is 10.1. The number of sulfonamides is 1. The van der Waals surface area contributed by atoms with Gasteiger partial charge in [0.05, 0.1) is 18.0 Å². The van der Waals surface area contributed by atoms with Crippen LogP contribution in [0.3, 0.4) is 0 Å². The monoisotopic (exact) mass is 448 g/mol. The lowest BCUT2D eigenvalue weighted by Gasteiger charge is -2.14. The molecule has 4 N–H and O–H groups in total.